The Morgan fingerprint density at radius 2 is 1.82 bits per heavy atom. The van der Waals surface area contributed by atoms with Gasteiger partial charge in [-0.1, -0.05) is 0 Å². The van der Waals surface area contributed by atoms with E-state index in [0.717, 1.165) is 5.69 Å². The van der Waals surface area contributed by atoms with E-state index in [1.807, 2.05) is 29.9 Å². The van der Waals surface area contributed by atoms with Crippen LogP contribution in [-0.2, 0) is 13.6 Å². The third kappa shape index (κ3) is 2.43. The zero-order valence-corrected chi connectivity index (χ0v) is 9.17. The van der Waals surface area contributed by atoms with Gasteiger partial charge in [-0.3, -0.25) is 0 Å². The van der Waals surface area contributed by atoms with Crippen LogP contribution in [0.25, 0.3) is 0 Å². The highest BCUT2D eigenvalue weighted by molar-refractivity contribution is 5.46. The molecule has 2 nitrogen and oxygen atoms in total. The van der Waals surface area contributed by atoms with E-state index in [0.29, 0.717) is 12.1 Å². The van der Waals surface area contributed by atoms with Gasteiger partial charge >= 0.3 is 0 Å². The lowest BCUT2D eigenvalue weighted by Gasteiger charge is -2.09. The summed E-state index contributed by atoms with van der Waals surface area (Å²) >= 11 is 0. The molecule has 0 atom stereocenters. The number of aromatic nitrogens is 1. The van der Waals surface area contributed by atoms with E-state index in [-0.39, 0.29) is 12.2 Å². The second-order valence-electron chi connectivity index (χ2n) is 3.71. The second kappa shape index (κ2) is 4.53. The van der Waals surface area contributed by atoms with Crippen LogP contribution < -0.4 is 5.32 Å². The molecule has 0 bridgehead atoms. The van der Waals surface area contributed by atoms with Crippen molar-refractivity contribution in [2.45, 2.75) is 6.54 Å². The third-order valence-corrected chi connectivity index (χ3v) is 2.50. The number of hydrogen-bond acceptors (Lipinski definition) is 1. The number of nitrogens with zero attached hydrogens (tertiary/aromatic N) is 1. The molecule has 0 aliphatic heterocycles. The molecule has 1 heterocycles. The first-order valence-electron chi connectivity index (χ1n) is 5.06. The Morgan fingerprint density at radius 3 is 2.35 bits per heavy atom. The van der Waals surface area contributed by atoms with E-state index in [9.17, 15) is 13.2 Å². The van der Waals surface area contributed by atoms with Gasteiger partial charge < -0.3 is 9.88 Å². The Balaban J connectivity index is 2.17. The van der Waals surface area contributed by atoms with Gasteiger partial charge in [0.15, 0.2) is 11.6 Å². The van der Waals surface area contributed by atoms with E-state index >= 15 is 0 Å². The summed E-state index contributed by atoms with van der Waals surface area (Å²) in [6, 6.07) is 4.95. The number of rotatable bonds is 3. The molecule has 0 radical (unpaired) electrons. The van der Waals surface area contributed by atoms with Crippen LogP contribution in [0, 0.1) is 17.5 Å². The first-order chi connectivity index (χ1) is 8.08. The predicted octanol–water partition coefficient (Wildman–Crippen LogP) is 3.05. The molecule has 0 spiro atoms. The number of benzene rings is 1. The van der Waals surface area contributed by atoms with Crippen molar-refractivity contribution in [3.05, 3.63) is 53.6 Å². The zero-order chi connectivity index (χ0) is 12.4. The molecule has 2 rings (SSSR count). The normalized spacial score (nSPS) is 10.6. The molecular weight excluding hydrogens is 229 g/mol. The highest BCUT2D eigenvalue weighted by Gasteiger charge is 2.11. The van der Waals surface area contributed by atoms with Gasteiger partial charge in [0.2, 0.25) is 0 Å². The lowest BCUT2D eigenvalue weighted by molar-refractivity contribution is 0.547. The van der Waals surface area contributed by atoms with Gasteiger partial charge in [0, 0.05) is 31.1 Å². The largest absolute Gasteiger partial charge is 0.375 e. The molecule has 17 heavy (non-hydrogen) atoms. The van der Waals surface area contributed by atoms with Crippen LogP contribution in [0.5, 0.6) is 0 Å². The van der Waals surface area contributed by atoms with Crippen LogP contribution >= 0.6 is 0 Å². The summed E-state index contributed by atoms with van der Waals surface area (Å²) in [6.07, 6.45) is 1.83. The highest BCUT2D eigenvalue weighted by Crippen LogP contribution is 2.20. The van der Waals surface area contributed by atoms with Crippen molar-refractivity contribution in [2.75, 3.05) is 5.32 Å². The number of halogens is 3. The minimum absolute atomic E-state index is 0.267. The van der Waals surface area contributed by atoms with E-state index < -0.39 is 17.5 Å². The molecule has 1 aromatic heterocycles. The number of nitrogens with one attached hydrogen (secondary N) is 1. The fourth-order valence-corrected chi connectivity index (χ4v) is 1.57. The van der Waals surface area contributed by atoms with Crippen LogP contribution in [0.3, 0.4) is 0 Å². The van der Waals surface area contributed by atoms with Crippen LogP contribution in [-0.4, -0.2) is 4.57 Å². The SMILES string of the molecule is Cn1cccc1CNc1c(F)cc(F)cc1F. The molecule has 0 unspecified atom stereocenters. The maximum atomic E-state index is 13.3. The lowest BCUT2D eigenvalue weighted by Crippen LogP contribution is -2.07. The fraction of sp³-hybridized carbons (Fsp3) is 0.167. The number of aryl methyl sites for hydroxylation is 1. The fourth-order valence-electron chi connectivity index (χ4n) is 1.57. The van der Waals surface area contributed by atoms with Gasteiger partial charge in [0.05, 0.1) is 6.54 Å². The Labute approximate surface area is 96.7 Å². The van der Waals surface area contributed by atoms with Gasteiger partial charge in [0.25, 0.3) is 0 Å². The van der Waals surface area contributed by atoms with Gasteiger partial charge in [0.1, 0.15) is 11.5 Å². The summed E-state index contributed by atoms with van der Waals surface area (Å²) in [6.45, 7) is 0.267. The Morgan fingerprint density at radius 1 is 1.18 bits per heavy atom. The van der Waals surface area contributed by atoms with Crippen molar-refractivity contribution in [2.24, 2.45) is 7.05 Å². The minimum Gasteiger partial charge on any atom is -0.375 e. The zero-order valence-electron chi connectivity index (χ0n) is 9.17. The minimum atomic E-state index is -0.934. The maximum Gasteiger partial charge on any atom is 0.152 e. The quantitative estimate of drug-likeness (QED) is 0.872. The second-order valence-corrected chi connectivity index (χ2v) is 3.71. The predicted molar refractivity (Wildman–Crippen MR) is 59.1 cm³/mol. The van der Waals surface area contributed by atoms with Crippen molar-refractivity contribution < 1.29 is 13.2 Å². The lowest BCUT2D eigenvalue weighted by atomic mass is 10.2. The van der Waals surface area contributed by atoms with Gasteiger partial charge in [-0.15, -0.1) is 0 Å². The average molecular weight is 240 g/mol. The Kier molecular flexibility index (Phi) is 3.08. The van der Waals surface area contributed by atoms with Crippen molar-refractivity contribution in [1.29, 1.82) is 0 Å². The van der Waals surface area contributed by atoms with Crippen LogP contribution in [0.4, 0.5) is 18.9 Å². The Hall–Kier alpha value is -1.91. The molecule has 1 aromatic carbocycles. The average Bonchev–Trinajstić information content (AvgIpc) is 2.62. The van der Waals surface area contributed by atoms with Crippen molar-refractivity contribution in [3.63, 3.8) is 0 Å². The van der Waals surface area contributed by atoms with Gasteiger partial charge in [-0.05, 0) is 12.1 Å². The first-order valence-corrected chi connectivity index (χ1v) is 5.06. The first kappa shape index (κ1) is 11.6. The van der Waals surface area contributed by atoms with Crippen molar-refractivity contribution in [3.8, 4) is 0 Å². The van der Waals surface area contributed by atoms with Gasteiger partial charge in [-0.25, -0.2) is 13.2 Å². The van der Waals surface area contributed by atoms with Crippen molar-refractivity contribution in [1.82, 2.24) is 4.57 Å². The summed E-state index contributed by atoms with van der Waals surface area (Å²) in [5.74, 6) is -2.79. The third-order valence-electron chi connectivity index (χ3n) is 2.50. The molecule has 0 amide bonds. The standard InChI is InChI=1S/C12H11F3N2/c1-17-4-2-3-9(17)7-16-12-10(14)5-8(13)6-11(12)15/h2-6,16H,7H2,1H3. The molecule has 90 valence electrons. The summed E-state index contributed by atoms with van der Waals surface area (Å²) in [7, 11) is 1.83. The summed E-state index contributed by atoms with van der Waals surface area (Å²) in [5.41, 5.74) is 0.556. The molecule has 0 aliphatic rings. The Bertz CT molecular complexity index is 511. The molecule has 2 aromatic rings. The van der Waals surface area contributed by atoms with Crippen LogP contribution in [0.2, 0.25) is 0 Å². The molecular formula is C12H11F3N2. The van der Waals surface area contributed by atoms with Crippen LogP contribution in [0.1, 0.15) is 5.69 Å². The molecule has 0 aliphatic carbocycles. The smallest absolute Gasteiger partial charge is 0.152 e. The molecule has 1 N–H and O–H groups in total. The van der Waals surface area contributed by atoms with E-state index in [4.69, 9.17) is 0 Å². The van der Waals surface area contributed by atoms with Crippen LogP contribution in [0.15, 0.2) is 30.5 Å². The topological polar surface area (TPSA) is 17.0 Å². The maximum absolute atomic E-state index is 13.3. The van der Waals surface area contributed by atoms with E-state index in [2.05, 4.69) is 5.32 Å². The molecule has 5 heteroatoms. The number of hydrogen-bond donors (Lipinski definition) is 1. The van der Waals surface area contributed by atoms with E-state index in [1.54, 1.807) is 0 Å². The van der Waals surface area contributed by atoms with E-state index in [1.165, 1.54) is 0 Å². The monoisotopic (exact) mass is 240 g/mol. The molecule has 0 saturated heterocycles. The summed E-state index contributed by atoms with van der Waals surface area (Å²) in [4.78, 5) is 0. The van der Waals surface area contributed by atoms with Gasteiger partial charge in [-0.2, -0.15) is 0 Å². The highest BCUT2D eigenvalue weighted by atomic mass is 19.1. The summed E-state index contributed by atoms with van der Waals surface area (Å²) in [5, 5.41) is 2.61. The molecule has 0 fully saturated rings. The summed E-state index contributed by atoms with van der Waals surface area (Å²) < 4.78 is 41.1. The number of anilines is 1. The van der Waals surface area contributed by atoms with Crippen molar-refractivity contribution >= 4 is 5.69 Å². The molecule has 0 saturated carbocycles.